The van der Waals surface area contributed by atoms with Gasteiger partial charge in [0, 0.05) is 47.6 Å². The Hall–Kier alpha value is -3.48. The van der Waals surface area contributed by atoms with Gasteiger partial charge < -0.3 is 40.7 Å². The lowest BCUT2D eigenvalue weighted by Gasteiger charge is -2.50. The van der Waals surface area contributed by atoms with Gasteiger partial charge in [0.25, 0.3) is 29.2 Å². The van der Waals surface area contributed by atoms with Gasteiger partial charge in [0.15, 0.2) is 7.85 Å². The summed E-state index contributed by atoms with van der Waals surface area (Å²) in [4.78, 5) is 39.9. The van der Waals surface area contributed by atoms with Gasteiger partial charge in [-0.15, -0.1) is 0 Å². The van der Waals surface area contributed by atoms with Gasteiger partial charge in [-0.2, -0.15) is 0 Å². The van der Waals surface area contributed by atoms with Crippen LogP contribution < -0.4 is 10.6 Å². The van der Waals surface area contributed by atoms with E-state index in [1.165, 1.54) is 37.4 Å². The van der Waals surface area contributed by atoms with E-state index < -0.39 is 53.0 Å². The van der Waals surface area contributed by atoms with Crippen molar-refractivity contribution in [2.24, 2.45) is 0 Å². The van der Waals surface area contributed by atoms with Gasteiger partial charge in [0.2, 0.25) is 0 Å². The molecule has 0 radical (unpaired) electrons. The minimum absolute atomic E-state index is 0.0399. The zero-order valence-electron chi connectivity index (χ0n) is 21.8. The van der Waals surface area contributed by atoms with Crippen LogP contribution in [0.4, 0.5) is 10.1 Å². The second-order valence-corrected chi connectivity index (χ2v) is 10.4. The summed E-state index contributed by atoms with van der Waals surface area (Å²) in [5.41, 5.74) is -5.63. The van der Waals surface area contributed by atoms with Gasteiger partial charge >= 0.3 is 5.79 Å². The van der Waals surface area contributed by atoms with E-state index in [4.69, 9.17) is 4.74 Å². The Morgan fingerprint density at radius 1 is 1.02 bits per heavy atom. The van der Waals surface area contributed by atoms with Crippen molar-refractivity contribution in [3.8, 4) is 0 Å². The van der Waals surface area contributed by atoms with Crippen molar-refractivity contribution in [2.75, 3.05) is 31.6 Å². The Morgan fingerprint density at radius 3 is 2.37 bits per heavy atom. The van der Waals surface area contributed by atoms with Gasteiger partial charge in [-0.05, 0) is 12.1 Å². The summed E-state index contributed by atoms with van der Waals surface area (Å²) in [6, 6.07) is 8.64. The number of hydrogen-bond acceptors (Lipinski definition) is 12. The van der Waals surface area contributed by atoms with Crippen molar-refractivity contribution < 1.29 is 54.2 Å². The van der Waals surface area contributed by atoms with E-state index in [0.29, 0.717) is 31.9 Å². The van der Waals surface area contributed by atoms with Crippen molar-refractivity contribution in [1.29, 1.82) is 0 Å². The lowest BCUT2D eigenvalue weighted by atomic mass is 9.82. The van der Waals surface area contributed by atoms with Crippen molar-refractivity contribution in [1.82, 2.24) is 15.1 Å². The fraction of sp³-hybridized carbons (Fsp3) is 0.400. The molecular weight excluding hydrogens is 546 g/mol. The van der Waals surface area contributed by atoms with Crippen LogP contribution in [0, 0.1) is 5.82 Å². The van der Waals surface area contributed by atoms with E-state index >= 15 is 4.39 Å². The minimum atomic E-state index is -4.25. The molecule has 14 nitrogen and oxygen atoms in total. The van der Waals surface area contributed by atoms with E-state index in [2.05, 4.69) is 5.32 Å². The fourth-order valence-electron chi connectivity index (χ4n) is 5.27. The highest BCUT2D eigenvalue weighted by atomic mass is 19.1. The summed E-state index contributed by atoms with van der Waals surface area (Å²) in [6.45, 7) is 1.85. The third kappa shape index (κ3) is 4.40. The van der Waals surface area contributed by atoms with E-state index in [1.807, 2.05) is 4.90 Å². The predicted molar refractivity (Wildman–Crippen MR) is 137 cm³/mol. The van der Waals surface area contributed by atoms with Crippen molar-refractivity contribution >= 4 is 31.3 Å². The highest BCUT2D eigenvalue weighted by molar-refractivity contribution is 6.16. The topological polar surface area (TPSA) is 212 Å². The van der Waals surface area contributed by atoms with Gasteiger partial charge in [-0.25, -0.2) is 4.39 Å². The summed E-state index contributed by atoms with van der Waals surface area (Å²) in [5, 5.41) is 67.4. The average Bonchev–Trinajstić information content (AvgIpc) is 3.26. The molecule has 218 valence electrons. The normalized spacial score (nSPS) is 25.4. The number of nitrogens with one attached hydrogen (secondary N) is 2. The molecule has 0 aliphatic carbocycles. The van der Waals surface area contributed by atoms with Crippen LogP contribution in [0.3, 0.4) is 0 Å². The number of carbonyl (C=O) groups is 3. The molecule has 2 aromatic carbocycles. The molecule has 8 N–H and O–H groups in total. The molecule has 41 heavy (non-hydrogen) atoms. The maximum Gasteiger partial charge on any atom is 0.306 e. The molecule has 3 amide bonds. The number of carbonyl (C=O) groups excluding carboxylic acids is 3. The maximum absolute atomic E-state index is 15.6. The van der Waals surface area contributed by atoms with Gasteiger partial charge in [0.05, 0.1) is 19.8 Å². The minimum Gasteiger partial charge on any atom is -0.379 e. The molecule has 0 saturated carbocycles. The number of nitrogens with zero attached hydrogens (tertiary/aromatic N) is 2. The summed E-state index contributed by atoms with van der Waals surface area (Å²) in [7, 11) is 1.28. The van der Waals surface area contributed by atoms with Crippen LogP contribution >= 0.6 is 0 Å². The molecule has 3 heterocycles. The third-order valence-electron chi connectivity index (χ3n) is 7.67. The molecule has 2 atom stereocenters. The summed E-state index contributed by atoms with van der Waals surface area (Å²) in [5.74, 6) is -13.9. The number of hydrogen-bond donors (Lipinski definition) is 8. The monoisotopic (exact) mass is 574 g/mol. The van der Waals surface area contributed by atoms with Crippen LogP contribution in [-0.4, -0.2) is 110 Å². The van der Waals surface area contributed by atoms with Gasteiger partial charge in [-0.3, -0.25) is 29.5 Å². The Morgan fingerprint density at radius 2 is 1.68 bits per heavy atom. The van der Waals surface area contributed by atoms with E-state index in [0.717, 1.165) is 0 Å². The highest BCUT2D eigenvalue weighted by Crippen LogP contribution is 2.42. The zero-order valence-corrected chi connectivity index (χ0v) is 21.8. The number of benzene rings is 2. The quantitative estimate of drug-likeness (QED) is 0.0948. The Balaban J connectivity index is 1.45. The highest BCUT2D eigenvalue weighted by Gasteiger charge is 2.76. The first-order chi connectivity index (χ1) is 19.1. The summed E-state index contributed by atoms with van der Waals surface area (Å²) < 4.78 is 20.9. The lowest BCUT2D eigenvalue weighted by molar-refractivity contribution is -0.407. The second kappa shape index (κ2) is 9.82. The van der Waals surface area contributed by atoms with Crippen LogP contribution in [0.15, 0.2) is 36.4 Å². The maximum atomic E-state index is 15.6. The molecule has 0 spiro atoms. The number of piperidine rings is 1. The number of amides is 3. The van der Waals surface area contributed by atoms with Crippen molar-refractivity contribution in [3.05, 3.63) is 64.5 Å². The molecular formula is C25H28BFN4O10. The van der Waals surface area contributed by atoms with E-state index in [9.17, 15) is 45.0 Å². The first-order valence-electron chi connectivity index (χ1n) is 12.6. The first-order valence-corrected chi connectivity index (χ1v) is 12.6. The number of fused-ring (bicyclic) bond motifs is 1. The number of aliphatic hydroxyl groups is 6. The Labute approximate surface area is 233 Å². The fourth-order valence-corrected chi connectivity index (χ4v) is 5.27. The first kappa shape index (κ1) is 29.0. The van der Waals surface area contributed by atoms with E-state index in [1.54, 1.807) is 12.1 Å². The number of rotatable bonds is 6. The number of halogens is 1. The van der Waals surface area contributed by atoms with Gasteiger partial charge in [-0.1, -0.05) is 24.3 Å². The smallest absolute Gasteiger partial charge is 0.306 e. The van der Waals surface area contributed by atoms with Crippen LogP contribution in [0.25, 0.3) is 0 Å². The van der Waals surface area contributed by atoms with Crippen LogP contribution in [0.1, 0.15) is 27.0 Å². The molecule has 2 fully saturated rings. The lowest BCUT2D eigenvalue weighted by Crippen LogP contribution is -2.85. The average molecular weight is 574 g/mol. The molecule has 16 heteroatoms. The number of morpholine rings is 1. The van der Waals surface area contributed by atoms with Crippen LogP contribution in [-0.2, 0) is 33.0 Å². The number of imide groups is 1. The molecule has 5 rings (SSSR count). The standard InChI is InChI=1S/C25H28BFN4O10/c26-24(38,16-5-1-3-13(18(16)27)11-30-7-9-41-10-8-30)29-17-6-2-4-14-15(17)12-31(19(14)32)22(35)20(33)28-21(34)23(36,37)25(22,39)40/h1-6,29,35-40H,7-12,26H2,(H,28,33,34). The number of anilines is 1. The van der Waals surface area contributed by atoms with Crippen LogP contribution in [0.5, 0.6) is 0 Å². The SMILES string of the molecule is BC(O)(Nc1cccc2c1CN(C1(O)C(=O)NC(=O)C(O)(O)C1(O)O)C2=O)c1cccc(CN2CCOCC2)c1F. The van der Waals surface area contributed by atoms with Gasteiger partial charge in [0.1, 0.15) is 11.4 Å². The van der Waals surface area contributed by atoms with Crippen LogP contribution in [0.2, 0.25) is 0 Å². The molecule has 0 bridgehead atoms. The Bertz CT molecular complexity index is 1430. The molecule has 0 aromatic heterocycles. The number of ether oxygens (including phenoxy) is 1. The predicted octanol–water partition coefficient (Wildman–Crippen LogP) is -3.83. The molecule has 2 saturated heterocycles. The van der Waals surface area contributed by atoms with Crippen molar-refractivity contribution in [2.45, 2.75) is 36.0 Å². The third-order valence-corrected chi connectivity index (χ3v) is 7.67. The largest absolute Gasteiger partial charge is 0.379 e. The van der Waals surface area contributed by atoms with Crippen molar-refractivity contribution in [3.63, 3.8) is 0 Å². The zero-order chi connectivity index (χ0) is 30.0. The second-order valence-electron chi connectivity index (χ2n) is 10.4. The Kier molecular flexibility index (Phi) is 6.95. The summed E-state index contributed by atoms with van der Waals surface area (Å²) in [6.07, 6.45) is 0. The molecule has 3 aliphatic heterocycles. The summed E-state index contributed by atoms with van der Waals surface area (Å²) >= 11 is 0. The molecule has 2 aromatic rings. The molecule has 2 unspecified atom stereocenters. The molecule has 3 aliphatic rings. The van der Waals surface area contributed by atoms with E-state index in [-0.39, 0.29) is 33.8 Å².